The molecule has 1 aliphatic heterocycles. The van der Waals surface area contributed by atoms with E-state index in [-0.39, 0.29) is 5.82 Å². The van der Waals surface area contributed by atoms with E-state index in [1.807, 2.05) is 25.1 Å². The van der Waals surface area contributed by atoms with Crippen LogP contribution in [0.1, 0.15) is 18.2 Å². The van der Waals surface area contributed by atoms with Crippen molar-refractivity contribution in [2.24, 2.45) is 0 Å². The number of nitrogens with zero attached hydrogens (tertiary/aromatic N) is 4. The Labute approximate surface area is 142 Å². The van der Waals surface area contributed by atoms with Gasteiger partial charge < -0.3 is 10.2 Å². The highest BCUT2D eigenvalue weighted by Crippen LogP contribution is 2.17. The Morgan fingerprint density at radius 3 is 2.46 bits per heavy atom. The van der Waals surface area contributed by atoms with E-state index in [1.54, 1.807) is 0 Å². The fraction of sp³-hybridized carbons (Fsp3) is 0.444. The molecule has 0 radical (unpaired) electrons. The minimum atomic E-state index is -0.184. The molecule has 0 amide bonds. The van der Waals surface area contributed by atoms with E-state index in [4.69, 9.17) is 0 Å². The van der Waals surface area contributed by atoms with Crippen molar-refractivity contribution in [2.75, 3.05) is 42.9 Å². The highest BCUT2D eigenvalue weighted by molar-refractivity contribution is 5.43. The molecule has 0 saturated carbocycles. The average molecular weight is 329 g/mol. The van der Waals surface area contributed by atoms with Crippen molar-refractivity contribution in [3.8, 4) is 0 Å². The molecule has 1 aromatic carbocycles. The molecule has 128 valence electrons. The van der Waals surface area contributed by atoms with Gasteiger partial charge in [-0.05, 0) is 31.5 Å². The minimum absolute atomic E-state index is 0.184. The van der Waals surface area contributed by atoms with Gasteiger partial charge in [-0.3, -0.25) is 4.90 Å². The molecule has 0 atom stereocenters. The van der Waals surface area contributed by atoms with Gasteiger partial charge in [0, 0.05) is 51.0 Å². The van der Waals surface area contributed by atoms with Crippen LogP contribution in [0.3, 0.4) is 0 Å². The van der Waals surface area contributed by atoms with Crippen LogP contribution in [0.2, 0.25) is 0 Å². The van der Waals surface area contributed by atoms with Crippen molar-refractivity contribution in [3.63, 3.8) is 0 Å². The zero-order chi connectivity index (χ0) is 16.9. The number of nitrogens with one attached hydrogen (secondary N) is 1. The van der Waals surface area contributed by atoms with Crippen LogP contribution in [0.25, 0.3) is 0 Å². The van der Waals surface area contributed by atoms with Crippen LogP contribution in [-0.2, 0) is 6.54 Å². The molecule has 1 fully saturated rings. The molecule has 2 heterocycles. The van der Waals surface area contributed by atoms with Crippen LogP contribution in [0.15, 0.2) is 30.3 Å². The highest BCUT2D eigenvalue weighted by atomic mass is 19.1. The standard InChI is InChI=1S/C18H24FN5/c1-3-20-17-12-14(2)21-18(22-17)24-10-8-23(9-11-24)13-15-4-6-16(19)7-5-15/h4-7,12H,3,8-11,13H2,1-2H3,(H,20,21,22). The predicted octanol–water partition coefficient (Wildman–Crippen LogP) is 2.68. The average Bonchev–Trinajstić information content (AvgIpc) is 2.57. The van der Waals surface area contributed by atoms with Crippen molar-refractivity contribution >= 4 is 11.8 Å². The first-order valence-corrected chi connectivity index (χ1v) is 8.45. The van der Waals surface area contributed by atoms with Gasteiger partial charge in [-0.15, -0.1) is 0 Å². The van der Waals surface area contributed by atoms with Crippen molar-refractivity contribution in [1.82, 2.24) is 14.9 Å². The van der Waals surface area contributed by atoms with Crippen LogP contribution in [0, 0.1) is 12.7 Å². The molecule has 5 nitrogen and oxygen atoms in total. The molecule has 1 aromatic heterocycles. The number of hydrogen-bond acceptors (Lipinski definition) is 5. The SMILES string of the molecule is CCNc1cc(C)nc(N2CCN(Cc3ccc(F)cc3)CC2)n1. The number of aryl methyl sites for hydroxylation is 1. The molecule has 24 heavy (non-hydrogen) atoms. The van der Waals surface area contributed by atoms with Gasteiger partial charge in [0.2, 0.25) is 5.95 Å². The first-order valence-electron chi connectivity index (χ1n) is 8.45. The van der Waals surface area contributed by atoms with Crippen molar-refractivity contribution < 1.29 is 4.39 Å². The maximum absolute atomic E-state index is 13.0. The Kier molecular flexibility index (Phi) is 5.25. The number of aromatic nitrogens is 2. The lowest BCUT2D eigenvalue weighted by atomic mass is 10.2. The third-order valence-electron chi connectivity index (χ3n) is 4.17. The van der Waals surface area contributed by atoms with E-state index in [1.165, 1.54) is 12.1 Å². The van der Waals surface area contributed by atoms with Crippen LogP contribution in [-0.4, -0.2) is 47.6 Å². The largest absolute Gasteiger partial charge is 0.370 e. The Balaban J connectivity index is 1.59. The molecule has 2 aromatic rings. The third kappa shape index (κ3) is 4.20. The molecule has 0 spiro atoms. The van der Waals surface area contributed by atoms with E-state index in [9.17, 15) is 4.39 Å². The summed E-state index contributed by atoms with van der Waals surface area (Å²) < 4.78 is 13.0. The van der Waals surface area contributed by atoms with Crippen LogP contribution in [0.4, 0.5) is 16.2 Å². The molecule has 0 aliphatic carbocycles. The number of anilines is 2. The fourth-order valence-electron chi connectivity index (χ4n) is 2.92. The van der Waals surface area contributed by atoms with Crippen LogP contribution >= 0.6 is 0 Å². The Hall–Kier alpha value is -2.21. The van der Waals surface area contributed by atoms with Crippen LogP contribution in [0.5, 0.6) is 0 Å². The van der Waals surface area contributed by atoms with Crippen LogP contribution < -0.4 is 10.2 Å². The summed E-state index contributed by atoms with van der Waals surface area (Å²) in [5.41, 5.74) is 2.12. The Morgan fingerprint density at radius 2 is 1.79 bits per heavy atom. The topological polar surface area (TPSA) is 44.3 Å². The second kappa shape index (κ2) is 7.57. The normalized spacial score (nSPS) is 15.5. The van der Waals surface area contributed by atoms with Gasteiger partial charge in [-0.25, -0.2) is 9.37 Å². The van der Waals surface area contributed by atoms with Gasteiger partial charge in [0.25, 0.3) is 0 Å². The van der Waals surface area contributed by atoms with Gasteiger partial charge >= 0.3 is 0 Å². The molecule has 3 rings (SSSR count). The number of piperazine rings is 1. The minimum Gasteiger partial charge on any atom is -0.370 e. The first kappa shape index (κ1) is 16.6. The maximum Gasteiger partial charge on any atom is 0.227 e. The summed E-state index contributed by atoms with van der Waals surface area (Å²) in [6, 6.07) is 8.72. The summed E-state index contributed by atoms with van der Waals surface area (Å²) in [5.74, 6) is 1.50. The van der Waals surface area contributed by atoms with Gasteiger partial charge in [0.1, 0.15) is 11.6 Å². The lowest BCUT2D eigenvalue weighted by molar-refractivity contribution is 0.248. The van der Waals surface area contributed by atoms with Crippen molar-refractivity contribution in [3.05, 3.63) is 47.4 Å². The smallest absolute Gasteiger partial charge is 0.227 e. The van der Waals surface area contributed by atoms with Crippen molar-refractivity contribution in [2.45, 2.75) is 20.4 Å². The summed E-state index contributed by atoms with van der Waals surface area (Å²) in [5, 5.41) is 3.25. The number of rotatable bonds is 5. The molecule has 1 N–H and O–H groups in total. The number of halogens is 1. The summed E-state index contributed by atoms with van der Waals surface area (Å²) >= 11 is 0. The lowest BCUT2D eigenvalue weighted by Gasteiger charge is -2.35. The van der Waals surface area contributed by atoms with E-state index in [2.05, 4.69) is 32.0 Å². The zero-order valence-corrected chi connectivity index (χ0v) is 14.3. The molecule has 1 saturated heterocycles. The highest BCUT2D eigenvalue weighted by Gasteiger charge is 2.19. The van der Waals surface area contributed by atoms with E-state index >= 15 is 0 Å². The van der Waals surface area contributed by atoms with E-state index in [0.717, 1.165) is 62.3 Å². The lowest BCUT2D eigenvalue weighted by Crippen LogP contribution is -2.46. The molecular formula is C18H24FN5. The van der Waals surface area contributed by atoms with Gasteiger partial charge in [-0.2, -0.15) is 4.98 Å². The molecule has 6 heteroatoms. The molecule has 0 unspecified atom stereocenters. The second-order valence-corrected chi connectivity index (χ2v) is 6.11. The van der Waals surface area contributed by atoms with Gasteiger partial charge in [0.15, 0.2) is 0 Å². The maximum atomic E-state index is 13.0. The van der Waals surface area contributed by atoms with Crippen molar-refractivity contribution in [1.29, 1.82) is 0 Å². The molecular weight excluding hydrogens is 305 g/mol. The Bertz CT molecular complexity index is 666. The molecule has 1 aliphatic rings. The summed E-state index contributed by atoms with van der Waals surface area (Å²) in [6.07, 6.45) is 0. The second-order valence-electron chi connectivity index (χ2n) is 6.11. The van der Waals surface area contributed by atoms with E-state index < -0.39 is 0 Å². The third-order valence-corrected chi connectivity index (χ3v) is 4.17. The zero-order valence-electron chi connectivity index (χ0n) is 14.3. The summed E-state index contributed by atoms with van der Waals surface area (Å²) in [6.45, 7) is 9.46. The quantitative estimate of drug-likeness (QED) is 0.914. The fourth-order valence-corrected chi connectivity index (χ4v) is 2.92. The first-order chi connectivity index (χ1) is 11.6. The van der Waals surface area contributed by atoms with E-state index in [0.29, 0.717) is 0 Å². The number of benzene rings is 1. The predicted molar refractivity (Wildman–Crippen MR) is 94.8 cm³/mol. The molecule has 0 bridgehead atoms. The Morgan fingerprint density at radius 1 is 1.08 bits per heavy atom. The summed E-state index contributed by atoms with van der Waals surface area (Å²) in [4.78, 5) is 13.8. The summed E-state index contributed by atoms with van der Waals surface area (Å²) in [7, 11) is 0. The monoisotopic (exact) mass is 329 g/mol. The number of hydrogen-bond donors (Lipinski definition) is 1. The van der Waals surface area contributed by atoms with Gasteiger partial charge in [-0.1, -0.05) is 12.1 Å². The van der Waals surface area contributed by atoms with Gasteiger partial charge in [0.05, 0.1) is 0 Å².